The number of anilines is 1. The van der Waals surface area contributed by atoms with Crippen molar-refractivity contribution in [3.05, 3.63) is 73.3 Å². The number of nitrogens with one attached hydrogen (secondary N) is 1. The lowest BCUT2D eigenvalue weighted by Gasteiger charge is -2.36. The molecule has 0 spiro atoms. The van der Waals surface area contributed by atoms with Crippen molar-refractivity contribution in [1.29, 1.82) is 0 Å². The van der Waals surface area contributed by atoms with Gasteiger partial charge in [-0.25, -0.2) is 0 Å². The van der Waals surface area contributed by atoms with Crippen molar-refractivity contribution in [2.45, 2.75) is 65.2 Å². The summed E-state index contributed by atoms with van der Waals surface area (Å²) in [6.07, 6.45) is 3.77. The zero-order valence-electron chi connectivity index (χ0n) is 22.4. The average Bonchev–Trinajstić information content (AvgIpc) is 2.89. The van der Waals surface area contributed by atoms with Crippen LogP contribution in [0.5, 0.6) is 11.5 Å². The van der Waals surface area contributed by atoms with E-state index in [1.54, 1.807) is 0 Å². The molecule has 2 aromatic rings. The third kappa shape index (κ3) is 5.62. The summed E-state index contributed by atoms with van der Waals surface area (Å²) in [5.74, 6) is 1.62. The predicted octanol–water partition coefficient (Wildman–Crippen LogP) is 6.45. The highest BCUT2D eigenvalue weighted by molar-refractivity contribution is 14.1. The number of amides is 1. The lowest BCUT2D eigenvalue weighted by Crippen LogP contribution is -2.30. The van der Waals surface area contributed by atoms with E-state index >= 15 is 0 Å². The summed E-state index contributed by atoms with van der Waals surface area (Å²) in [6, 6.07) is 9.66. The van der Waals surface area contributed by atoms with Crippen molar-refractivity contribution in [2.75, 3.05) is 18.5 Å². The average molecular weight is 642 g/mol. The second-order valence-corrected chi connectivity index (χ2v) is 11.3. The molecule has 5 rings (SSSR count). The standard InChI is InChI=1S/C31H32INO6/c1-4-37-26-15-19(14-20(32)31(26)38-16-27(36)33-21-13-17(2)11-12-18(21)3)28-29-22(34)7-5-9-24(29)39-25-10-6-8-23(35)30(25)28/h11-15,28H,4-10,16H2,1-3H3,(H,33,36). The number of benzene rings is 2. The van der Waals surface area contributed by atoms with Gasteiger partial charge in [0, 0.05) is 48.4 Å². The largest absolute Gasteiger partial charge is 0.490 e. The molecule has 8 heteroatoms. The summed E-state index contributed by atoms with van der Waals surface area (Å²) in [5.41, 5.74) is 4.75. The van der Waals surface area contributed by atoms with Crippen LogP contribution in [0, 0.1) is 17.4 Å². The molecule has 0 atom stereocenters. The number of hydrogen-bond donors (Lipinski definition) is 1. The summed E-state index contributed by atoms with van der Waals surface area (Å²) in [7, 11) is 0. The molecule has 0 aromatic heterocycles. The third-order valence-corrected chi connectivity index (χ3v) is 8.12. The molecule has 0 saturated carbocycles. The normalized spacial score (nSPS) is 17.4. The highest BCUT2D eigenvalue weighted by Gasteiger charge is 2.42. The predicted molar refractivity (Wildman–Crippen MR) is 156 cm³/mol. The molecule has 1 heterocycles. The molecule has 2 aliphatic carbocycles. The highest BCUT2D eigenvalue weighted by atomic mass is 127. The monoisotopic (exact) mass is 641 g/mol. The summed E-state index contributed by atoms with van der Waals surface area (Å²) >= 11 is 2.16. The minimum absolute atomic E-state index is 0.0302. The number of rotatable bonds is 7. The molecular weight excluding hydrogens is 609 g/mol. The van der Waals surface area contributed by atoms with Gasteiger partial charge in [0.05, 0.1) is 10.2 Å². The second-order valence-electron chi connectivity index (χ2n) is 10.2. The van der Waals surface area contributed by atoms with Crippen molar-refractivity contribution in [2.24, 2.45) is 0 Å². The van der Waals surface area contributed by atoms with Crippen LogP contribution in [0.3, 0.4) is 0 Å². The first kappa shape index (κ1) is 27.4. The maximum atomic E-state index is 13.2. The molecule has 204 valence electrons. The van der Waals surface area contributed by atoms with E-state index in [9.17, 15) is 14.4 Å². The number of aryl methyl sites for hydroxylation is 2. The van der Waals surface area contributed by atoms with E-state index in [0.717, 1.165) is 38.8 Å². The number of carbonyl (C=O) groups excluding carboxylic acids is 3. The smallest absolute Gasteiger partial charge is 0.262 e. The summed E-state index contributed by atoms with van der Waals surface area (Å²) in [6.45, 7) is 5.99. The Balaban J connectivity index is 1.47. The van der Waals surface area contributed by atoms with E-state index in [1.165, 1.54) is 0 Å². The van der Waals surface area contributed by atoms with Gasteiger partial charge in [-0.3, -0.25) is 14.4 Å². The SMILES string of the molecule is CCOc1cc(C2C3=C(CCCC3=O)OC3=C2C(=O)CCC3)cc(I)c1OCC(=O)Nc1cc(C)ccc1C. The lowest BCUT2D eigenvalue weighted by atomic mass is 9.73. The Morgan fingerprint density at radius 1 is 0.974 bits per heavy atom. The van der Waals surface area contributed by atoms with Gasteiger partial charge in [0.15, 0.2) is 29.7 Å². The molecule has 39 heavy (non-hydrogen) atoms. The number of hydrogen-bond acceptors (Lipinski definition) is 6. The zero-order chi connectivity index (χ0) is 27.7. The van der Waals surface area contributed by atoms with E-state index in [0.29, 0.717) is 66.5 Å². The molecule has 0 unspecified atom stereocenters. The van der Waals surface area contributed by atoms with E-state index in [1.807, 2.05) is 51.1 Å². The number of ketones is 2. The number of halogens is 1. The third-order valence-electron chi connectivity index (χ3n) is 7.32. The lowest BCUT2D eigenvalue weighted by molar-refractivity contribution is -0.119. The van der Waals surface area contributed by atoms with E-state index in [4.69, 9.17) is 14.2 Å². The minimum Gasteiger partial charge on any atom is -0.490 e. The van der Waals surface area contributed by atoms with Crippen LogP contribution in [0.1, 0.15) is 68.1 Å². The van der Waals surface area contributed by atoms with Crippen LogP contribution in [0.15, 0.2) is 53.0 Å². The molecule has 0 fully saturated rings. The summed E-state index contributed by atoms with van der Waals surface area (Å²) in [4.78, 5) is 39.1. The Labute approximate surface area is 242 Å². The van der Waals surface area contributed by atoms with E-state index in [-0.39, 0.29) is 24.1 Å². The molecular formula is C31H32INO6. The Bertz CT molecular complexity index is 1380. The van der Waals surface area contributed by atoms with Gasteiger partial charge in [-0.2, -0.15) is 0 Å². The molecule has 1 amide bonds. The van der Waals surface area contributed by atoms with Crippen molar-refractivity contribution < 1.29 is 28.6 Å². The van der Waals surface area contributed by atoms with Crippen LogP contribution in [0.2, 0.25) is 0 Å². The Kier molecular flexibility index (Phi) is 8.11. The van der Waals surface area contributed by atoms with Crippen LogP contribution >= 0.6 is 22.6 Å². The molecule has 0 radical (unpaired) electrons. The van der Waals surface area contributed by atoms with E-state index < -0.39 is 5.92 Å². The fourth-order valence-corrected chi connectivity index (χ4v) is 6.28. The highest BCUT2D eigenvalue weighted by Crippen LogP contribution is 2.49. The summed E-state index contributed by atoms with van der Waals surface area (Å²) < 4.78 is 18.9. The van der Waals surface area contributed by atoms with Crippen LogP contribution < -0.4 is 14.8 Å². The first-order valence-electron chi connectivity index (χ1n) is 13.4. The van der Waals surface area contributed by atoms with Crippen LogP contribution in [0.4, 0.5) is 5.69 Å². The Morgan fingerprint density at radius 3 is 2.28 bits per heavy atom. The number of ether oxygens (including phenoxy) is 3. The number of Topliss-reactive ketones (excluding diaryl/α,β-unsaturated/α-hetero) is 2. The fourth-order valence-electron chi connectivity index (χ4n) is 5.50. The topological polar surface area (TPSA) is 90.9 Å². The summed E-state index contributed by atoms with van der Waals surface area (Å²) in [5, 5.41) is 2.92. The van der Waals surface area contributed by atoms with Gasteiger partial charge in [0.25, 0.3) is 5.91 Å². The van der Waals surface area contributed by atoms with Crippen LogP contribution in [0.25, 0.3) is 0 Å². The molecule has 2 aromatic carbocycles. The molecule has 0 saturated heterocycles. The number of carbonyl (C=O) groups is 3. The van der Waals surface area contributed by atoms with Crippen molar-refractivity contribution in [3.63, 3.8) is 0 Å². The quantitative estimate of drug-likeness (QED) is 0.350. The van der Waals surface area contributed by atoms with Gasteiger partial charge in [0.2, 0.25) is 0 Å². The maximum Gasteiger partial charge on any atom is 0.262 e. The molecule has 7 nitrogen and oxygen atoms in total. The Morgan fingerprint density at radius 2 is 1.64 bits per heavy atom. The fraction of sp³-hybridized carbons (Fsp3) is 0.387. The number of allylic oxidation sites excluding steroid dienone is 4. The van der Waals surface area contributed by atoms with Gasteiger partial charge in [-0.05, 0) is 91.1 Å². The maximum absolute atomic E-state index is 13.2. The van der Waals surface area contributed by atoms with Gasteiger partial charge in [0.1, 0.15) is 11.5 Å². The first-order chi connectivity index (χ1) is 18.8. The molecule has 1 N–H and O–H groups in total. The van der Waals surface area contributed by atoms with Crippen molar-refractivity contribution in [3.8, 4) is 11.5 Å². The Hall–Kier alpha value is -3.14. The molecule has 3 aliphatic rings. The van der Waals surface area contributed by atoms with Gasteiger partial charge in [-0.15, -0.1) is 0 Å². The van der Waals surface area contributed by atoms with E-state index in [2.05, 4.69) is 27.9 Å². The second kappa shape index (κ2) is 11.5. The van der Waals surface area contributed by atoms with Gasteiger partial charge < -0.3 is 19.5 Å². The van der Waals surface area contributed by atoms with Crippen molar-refractivity contribution in [1.82, 2.24) is 0 Å². The van der Waals surface area contributed by atoms with Gasteiger partial charge >= 0.3 is 0 Å². The zero-order valence-corrected chi connectivity index (χ0v) is 24.6. The first-order valence-corrected chi connectivity index (χ1v) is 14.5. The van der Waals surface area contributed by atoms with Crippen LogP contribution in [-0.2, 0) is 19.1 Å². The molecule has 0 bridgehead atoms. The minimum atomic E-state index is -0.487. The van der Waals surface area contributed by atoms with Crippen molar-refractivity contribution >= 4 is 45.8 Å². The molecule has 1 aliphatic heterocycles. The van der Waals surface area contributed by atoms with Gasteiger partial charge in [-0.1, -0.05) is 12.1 Å². The van der Waals surface area contributed by atoms with Crippen LogP contribution in [-0.4, -0.2) is 30.7 Å².